The second-order valence-electron chi connectivity index (χ2n) is 6.38. The normalized spacial score (nSPS) is 22.7. The molecule has 0 bridgehead atoms. The predicted molar refractivity (Wildman–Crippen MR) is 77.4 cm³/mol. The molecule has 0 radical (unpaired) electrons. The molecular weight excluding hydrogens is 238 g/mol. The van der Waals surface area contributed by atoms with Gasteiger partial charge in [-0.1, -0.05) is 32.0 Å². The molecule has 1 aromatic carbocycles. The Bertz CT molecular complexity index is 429. The average Bonchev–Trinajstić information content (AvgIpc) is 2.34. The number of hydrogen-bond donors (Lipinski definition) is 2. The number of rotatable bonds is 4. The summed E-state index contributed by atoms with van der Waals surface area (Å²) < 4.78 is 6.00. The zero-order valence-corrected chi connectivity index (χ0v) is 12.3. The van der Waals surface area contributed by atoms with E-state index in [1.165, 1.54) is 5.56 Å². The first-order chi connectivity index (χ1) is 8.89. The highest BCUT2D eigenvalue weighted by Crippen LogP contribution is 2.39. The van der Waals surface area contributed by atoms with Gasteiger partial charge in [0.05, 0.1) is 6.10 Å². The standard InChI is InChI=1S/C16H25NO2/c1-11(2)14(18)10-17-13-9-16(3,4)19-15-8-6-5-7-12(13)15/h5-8,11,13-14,17-18H,9-10H2,1-4H3. The van der Waals surface area contributed by atoms with Gasteiger partial charge in [-0.2, -0.15) is 0 Å². The maximum Gasteiger partial charge on any atom is 0.124 e. The monoisotopic (exact) mass is 263 g/mol. The molecular formula is C16H25NO2. The van der Waals surface area contributed by atoms with Crippen molar-refractivity contribution in [3.63, 3.8) is 0 Å². The zero-order valence-electron chi connectivity index (χ0n) is 12.3. The van der Waals surface area contributed by atoms with Crippen molar-refractivity contribution in [3.05, 3.63) is 29.8 Å². The predicted octanol–water partition coefficient (Wildman–Crippen LogP) is 2.90. The van der Waals surface area contributed by atoms with Crippen LogP contribution in [-0.4, -0.2) is 23.4 Å². The van der Waals surface area contributed by atoms with Crippen molar-refractivity contribution < 1.29 is 9.84 Å². The maximum absolute atomic E-state index is 9.94. The Morgan fingerprint density at radius 2 is 2.05 bits per heavy atom. The largest absolute Gasteiger partial charge is 0.487 e. The lowest BCUT2D eigenvalue weighted by Gasteiger charge is -2.38. The van der Waals surface area contributed by atoms with E-state index >= 15 is 0 Å². The zero-order chi connectivity index (χ0) is 14.0. The average molecular weight is 263 g/mol. The van der Waals surface area contributed by atoms with Crippen LogP contribution in [0.3, 0.4) is 0 Å². The van der Waals surface area contributed by atoms with Gasteiger partial charge in [-0.3, -0.25) is 0 Å². The van der Waals surface area contributed by atoms with Crippen molar-refractivity contribution in [1.82, 2.24) is 5.32 Å². The van der Waals surface area contributed by atoms with Gasteiger partial charge in [0.1, 0.15) is 11.4 Å². The molecule has 0 fully saturated rings. The first kappa shape index (κ1) is 14.4. The molecule has 2 atom stereocenters. The summed E-state index contributed by atoms with van der Waals surface area (Å²) in [6.45, 7) is 8.90. The van der Waals surface area contributed by atoms with Crippen molar-refractivity contribution in [2.45, 2.75) is 51.9 Å². The summed E-state index contributed by atoms with van der Waals surface area (Å²) in [6, 6.07) is 8.40. The summed E-state index contributed by atoms with van der Waals surface area (Å²) >= 11 is 0. The van der Waals surface area contributed by atoms with Crippen LogP contribution in [0.15, 0.2) is 24.3 Å². The summed E-state index contributed by atoms with van der Waals surface area (Å²) in [7, 11) is 0. The fourth-order valence-corrected chi connectivity index (χ4v) is 2.48. The molecule has 0 saturated carbocycles. The molecule has 19 heavy (non-hydrogen) atoms. The van der Waals surface area contributed by atoms with E-state index in [4.69, 9.17) is 4.74 Å². The van der Waals surface area contributed by atoms with Crippen LogP contribution in [0.5, 0.6) is 5.75 Å². The molecule has 1 aliphatic rings. The highest BCUT2D eigenvalue weighted by Gasteiger charge is 2.33. The molecule has 1 heterocycles. The van der Waals surface area contributed by atoms with E-state index < -0.39 is 0 Å². The lowest BCUT2D eigenvalue weighted by atomic mass is 9.89. The molecule has 0 aromatic heterocycles. The first-order valence-electron chi connectivity index (χ1n) is 7.08. The van der Waals surface area contributed by atoms with Gasteiger partial charge in [-0.25, -0.2) is 0 Å². The molecule has 1 aliphatic heterocycles. The van der Waals surface area contributed by atoms with E-state index in [9.17, 15) is 5.11 Å². The molecule has 0 spiro atoms. The van der Waals surface area contributed by atoms with Gasteiger partial charge in [0, 0.05) is 24.6 Å². The molecule has 0 aliphatic carbocycles. The van der Waals surface area contributed by atoms with Gasteiger partial charge < -0.3 is 15.2 Å². The van der Waals surface area contributed by atoms with Gasteiger partial charge >= 0.3 is 0 Å². The molecule has 1 aromatic rings. The third-order valence-corrected chi connectivity index (χ3v) is 3.72. The van der Waals surface area contributed by atoms with E-state index in [0.29, 0.717) is 6.54 Å². The summed E-state index contributed by atoms with van der Waals surface area (Å²) in [5.41, 5.74) is 1.02. The van der Waals surface area contributed by atoms with E-state index in [1.807, 2.05) is 32.0 Å². The van der Waals surface area contributed by atoms with Gasteiger partial charge in [-0.05, 0) is 25.8 Å². The third-order valence-electron chi connectivity index (χ3n) is 3.72. The fourth-order valence-electron chi connectivity index (χ4n) is 2.48. The van der Waals surface area contributed by atoms with Crippen LogP contribution < -0.4 is 10.1 Å². The third kappa shape index (κ3) is 3.48. The summed E-state index contributed by atoms with van der Waals surface area (Å²) in [4.78, 5) is 0. The number of aliphatic hydroxyl groups excluding tert-OH is 1. The van der Waals surface area contributed by atoms with E-state index in [0.717, 1.165) is 12.2 Å². The van der Waals surface area contributed by atoms with Gasteiger partial charge in [0.2, 0.25) is 0 Å². The second-order valence-corrected chi connectivity index (χ2v) is 6.38. The minimum absolute atomic E-state index is 0.172. The Labute approximate surface area is 116 Å². The highest BCUT2D eigenvalue weighted by atomic mass is 16.5. The van der Waals surface area contributed by atoms with Crippen molar-refractivity contribution in [2.75, 3.05) is 6.54 Å². The Morgan fingerprint density at radius 3 is 2.74 bits per heavy atom. The van der Waals surface area contributed by atoms with Crippen LogP contribution in [0.25, 0.3) is 0 Å². The molecule has 3 heteroatoms. The number of ether oxygens (including phenoxy) is 1. The number of benzene rings is 1. The van der Waals surface area contributed by atoms with Crippen molar-refractivity contribution in [1.29, 1.82) is 0 Å². The van der Waals surface area contributed by atoms with Gasteiger partial charge in [-0.15, -0.1) is 0 Å². The Kier molecular flexibility index (Phi) is 4.16. The van der Waals surface area contributed by atoms with Crippen LogP contribution in [0.2, 0.25) is 0 Å². The molecule has 0 saturated heterocycles. The molecule has 3 nitrogen and oxygen atoms in total. The highest BCUT2D eigenvalue weighted by molar-refractivity contribution is 5.38. The summed E-state index contributed by atoms with van der Waals surface area (Å²) in [5.74, 6) is 1.23. The van der Waals surface area contributed by atoms with E-state index in [1.54, 1.807) is 0 Å². The SMILES string of the molecule is CC(C)C(O)CNC1CC(C)(C)Oc2ccccc21. The maximum atomic E-state index is 9.94. The summed E-state index contributed by atoms with van der Waals surface area (Å²) in [5, 5.41) is 13.4. The Balaban J connectivity index is 2.12. The second kappa shape index (κ2) is 5.51. The number of aliphatic hydroxyl groups is 1. The quantitative estimate of drug-likeness (QED) is 0.877. The topological polar surface area (TPSA) is 41.5 Å². The van der Waals surface area contributed by atoms with Crippen LogP contribution in [0.1, 0.15) is 45.7 Å². The molecule has 2 unspecified atom stereocenters. The minimum Gasteiger partial charge on any atom is -0.487 e. The smallest absolute Gasteiger partial charge is 0.124 e. The van der Waals surface area contributed by atoms with Crippen LogP contribution in [0, 0.1) is 5.92 Å². The van der Waals surface area contributed by atoms with Gasteiger partial charge in [0.25, 0.3) is 0 Å². The lowest BCUT2D eigenvalue weighted by Crippen LogP contribution is -2.42. The minimum atomic E-state index is -0.307. The number of para-hydroxylation sites is 1. The Hall–Kier alpha value is -1.06. The van der Waals surface area contributed by atoms with Crippen molar-refractivity contribution in [2.24, 2.45) is 5.92 Å². The first-order valence-corrected chi connectivity index (χ1v) is 7.08. The lowest BCUT2D eigenvalue weighted by molar-refractivity contribution is 0.0586. The molecule has 0 amide bonds. The van der Waals surface area contributed by atoms with Crippen LogP contribution in [-0.2, 0) is 0 Å². The molecule has 106 valence electrons. The van der Waals surface area contributed by atoms with E-state index in [-0.39, 0.29) is 23.7 Å². The van der Waals surface area contributed by atoms with Crippen molar-refractivity contribution in [3.8, 4) is 5.75 Å². The summed E-state index contributed by atoms with van der Waals surface area (Å²) in [6.07, 6.45) is 0.604. The van der Waals surface area contributed by atoms with Gasteiger partial charge in [0.15, 0.2) is 0 Å². The van der Waals surface area contributed by atoms with E-state index in [2.05, 4.69) is 25.2 Å². The number of hydrogen-bond acceptors (Lipinski definition) is 3. The molecule has 2 rings (SSSR count). The van der Waals surface area contributed by atoms with Crippen molar-refractivity contribution >= 4 is 0 Å². The number of fused-ring (bicyclic) bond motifs is 1. The Morgan fingerprint density at radius 1 is 1.37 bits per heavy atom. The van der Waals surface area contributed by atoms with Crippen LogP contribution in [0.4, 0.5) is 0 Å². The fraction of sp³-hybridized carbons (Fsp3) is 0.625. The molecule has 2 N–H and O–H groups in total. The number of nitrogens with one attached hydrogen (secondary N) is 1. The van der Waals surface area contributed by atoms with Crippen LogP contribution >= 0.6 is 0 Å².